The van der Waals surface area contributed by atoms with Crippen LogP contribution in [0.25, 0.3) is 0 Å². The summed E-state index contributed by atoms with van der Waals surface area (Å²) in [5, 5.41) is 2.47. The maximum Gasteiger partial charge on any atom is 0.417 e. The summed E-state index contributed by atoms with van der Waals surface area (Å²) in [6.07, 6.45) is -3.95. The third-order valence-electron chi connectivity index (χ3n) is 4.32. The van der Waals surface area contributed by atoms with Gasteiger partial charge in [-0.25, -0.2) is 0 Å². The fourth-order valence-corrected chi connectivity index (χ4v) is 3.43. The molecule has 1 N–H and O–H groups in total. The first-order chi connectivity index (χ1) is 11.4. The normalized spacial score (nSPS) is 21.4. The Kier molecular flexibility index (Phi) is 4.54. The first kappa shape index (κ1) is 16.8. The van der Waals surface area contributed by atoms with Crippen molar-refractivity contribution in [3.05, 3.63) is 70.2 Å². The first-order valence-corrected chi connectivity index (χ1v) is 7.95. The number of carbonyl (C=O) groups excluding carboxylic acids is 1. The lowest BCUT2D eigenvalue weighted by Crippen LogP contribution is -2.39. The van der Waals surface area contributed by atoms with Crippen LogP contribution in [0.15, 0.2) is 48.5 Å². The lowest BCUT2D eigenvalue weighted by molar-refractivity contribution is -0.137. The molecule has 1 aliphatic heterocycles. The van der Waals surface area contributed by atoms with Crippen LogP contribution in [0.5, 0.6) is 0 Å². The molecule has 1 saturated heterocycles. The van der Waals surface area contributed by atoms with Crippen LogP contribution in [-0.2, 0) is 11.0 Å². The molecule has 1 heterocycles. The Morgan fingerprint density at radius 2 is 1.75 bits per heavy atom. The predicted octanol–water partition coefficient (Wildman–Crippen LogP) is 4.75. The molecule has 0 aromatic heterocycles. The monoisotopic (exact) mass is 353 g/mol. The third kappa shape index (κ3) is 3.26. The van der Waals surface area contributed by atoms with Crippen molar-refractivity contribution in [1.82, 2.24) is 5.32 Å². The maximum absolute atomic E-state index is 13.1. The predicted molar refractivity (Wildman–Crippen MR) is 86.0 cm³/mol. The minimum absolute atomic E-state index is 0.166. The molecular formula is C18H15ClF3NO. The number of hydrogen-bond donors (Lipinski definition) is 1. The van der Waals surface area contributed by atoms with E-state index in [1.165, 1.54) is 6.07 Å². The van der Waals surface area contributed by atoms with Gasteiger partial charge in [-0.2, -0.15) is 13.2 Å². The summed E-state index contributed by atoms with van der Waals surface area (Å²) >= 11 is 5.70. The quantitative estimate of drug-likeness (QED) is 0.829. The van der Waals surface area contributed by atoms with E-state index in [9.17, 15) is 18.0 Å². The van der Waals surface area contributed by atoms with Gasteiger partial charge < -0.3 is 5.32 Å². The van der Waals surface area contributed by atoms with Gasteiger partial charge >= 0.3 is 6.18 Å². The largest absolute Gasteiger partial charge is 0.417 e. The van der Waals surface area contributed by atoms with Crippen molar-refractivity contribution in [2.75, 3.05) is 6.54 Å². The molecule has 2 aromatic rings. The van der Waals surface area contributed by atoms with E-state index in [1.54, 1.807) is 6.07 Å². The number of amides is 1. The Morgan fingerprint density at radius 1 is 1.04 bits per heavy atom. The first-order valence-electron chi connectivity index (χ1n) is 7.57. The summed E-state index contributed by atoms with van der Waals surface area (Å²) in [5.74, 6) is -0.998. The van der Waals surface area contributed by atoms with E-state index in [1.807, 2.05) is 30.3 Å². The van der Waals surface area contributed by atoms with Gasteiger partial charge in [0.05, 0.1) is 16.5 Å². The number of alkyl halides is 3. The number of carbonyl (C=O) groups is 1. The summed E-state index contributed by atoms with van der Waals surface area (Å²) in [4.78, 5) is 12.4. The zero-order valence-corrected chi connectivity index (χ0v) is 13.4. The third-order valence-corrected chi connectivity index (χ3v) is 4.65. The molecule has 0 unspecified atom stereocenters. The van der Waals surface area contributed by atoms with Crippen molar-refractivity contribution < 1.29 is 18.0 Å². The molecular weight excluding hydrogens is 339 g/mol. The van der Waals surface area contributed by atoms with Gasteiger partial charge in [0.2, 0.25) is 5.91 Å². The Balaban J connectivity index is 2.04. The molecule has 0 aliphatic carbocycles. The standard InChI is InChI=1S/C18H15ClF3NO/c19-15-7-6-12(10-14(15)18(20,21)22)13-8-9-23-17(24)16(13)11-4-2-1-3-5-11/h1-7,10,13,16H,8-9H2,(H,23,24)/t13-,16-/m0/s1. The van der Waals surface area contributed by atoms with Crippen molar-refractivity contribution in [2.24, 2.45) is 0 Å². The van der Waals surface area contributed by atoms with Gasteiger partial charge in [0.15, 0.2) is 0 Å². The fraction of sp³-hybridized carbons (Fsp3) is 0.278. The smallest absolute Gasteiger partial charge is 0.356 e. The van der Waals surface area contributed by atoms with E-state index in [2.05, 4.69) is 5.32 Å². The Labute approximate surface area is 142 Å². The van der Waals surface area contributed by atoms with Crippen molar-refractivity contribution in [3.8, 4) is 0 Å². The number of piperidine rings is 1. The van der Waals surface area contributed by atoms with Crippen molar-refractivity contribution >= 4 is 17.5 Å². The highest BCUT2D eigenvalue weighted by Crippen LogP contribution is 2.42. The number of halogens is 4. The Hall–Kier alpha value is -2.01. The molecule has 24 heavy (non-hydrogen) atoms. The number of hydrogen-bond acceptors (Lipinski definition) is 1. The fourth-order valence-electron chi connectivity index (χ4n) is 3.20. The van der Waals surface area contributed by atoms with Crippen molar-refractivity contribution in [1.29, 1.82) is 0 Å². The summed E-state index contributed by atoms with van der Waals surface area (Å²) in [7, 11) is 0. The van der Waals surface area contributed by atoms with E-state index < -0.39 is 17.7 Å². The van der Waals surface area contributed by atoms with Crippen LogP contribution < -0.4 is 5.32 Å². The van der Waals surface area contributed by atoms with Gasteiger partial charge in [-0.1, -0.05) is 48.0 Å². The zero-order valence-electron chi connectivity index (χ0n) is 12.6. The minimum atomic E-state index is -4.52. The van der Waals surface area contributed by atoms with Crippen LogP contribution in [0.2, 0.25) is 5.02 Å². The second-order valence-electron chi connectivity index (χ2n) is 5.81. The molecule has 2 aromatic carbocycles. The minimum Gasteiger partial charge on any atom is -0.356 e. The van der Waals surface area contributed by atoms with Crippen LogP contribution in [0.4, 0.5) is 13.2 Å². The molecule has 1 aliphatic rings. The number of benzene rings is 2. The molecule has 0 radical (unpaired) electrons. The Bertz CT molecular complexity index is 746. The second-order valence-corrected chi connectivity index (χ2v) is 6.22. The van der Waals surface area contributed by atoms with E-state index in [4.69, 9.17) is 11.6 Å². The van der Waals surface area contributed by atoms with Crippen LogP contribution in [-0.4, -0.2) is 12.5 Å². The van der Waals surface area contributed by atoms with Crippen LogP contribution in [0.1, 0.15) is 34.9 Å². The van der Waals surface area contributed by atoms with Gasteiger partial charge in [0, 0.05) is 12.5 Å². The molecule has 0 bridgehead atoms. The summed E-state index contributed by atoms with van der Waals surface area (Å²) in [6.45, 7) is 0.441. The van der Waals surface area contributed by atoms with Gasteiger partial charge in [-0.3, -0.25) is 4.79 Å². The van der Waals surface area contributed by atoms with E-state index in [0.717, 1.165) is 11.6 Å². The van der Waals surface area contributed by atoms with Crippen LogP contribution in [0.3, 0.4) is 0 Å². The van der Waals surface area contributed by atoms with Crippen molar-refractivity contribution in [3.63, 3.8) is 0 Å². The highest BCUT2D eigenvalue weighted by atomic mass is 35.5. The molecule has 2 atom stereocenters. The molecule has 0 spiro atoms. The molecule has 3 rings (SSSR count). The van der Waals surface area contributed by atoms with Crippen LogP contribution in [0, 0.1) is 0 Å². The number of nitrogens with one attached hydrogen (secondary N) is 1. The molecule has 1 fully saturated rings. The topological polar surface area (TPSA) is 29.1 Å². The van der Waals surface area contributed by atoms with E-state index >= 15 is 0 Å². The molecule has 126 valence electrons. The molecule has 1 amide bonds. The zero-order chi connectivity index (χ0) is 17.3. The number of rotatable bonds is 2. The SMILES string of the molecule is O=C1NCC[C@@H](c2ccc(Cl)c(C(F)(F)F)c2)[C@@H]1c1ccccc1. The lowest BCUT2D eigenvalue weighted by Gasteiger charge is -2.32. The molecule has 2 nitrogen and oxygen atoms in total. The van der Waals surface area contributed by atoms with Gasteiger partial charge in [-0.05, 0) is 29.7 Å². The highest BCUT2D eigenvalue weighted by molar-refractivity contribution is 6.31. The van der Waals surface area contributed by atoms with E-state index in [0.29, 0.717) is 18.5 Å². The maximum atomic E-state index is 13.1. The van der Waals surface area contributed by atoms with Gasteiger partial charge in [-0.15, -0.1) is 0 Å². The molecule has 6 heteroatoms. The summed E-state index contributed by atoms with van der Waals surface area (Å²) < 4.78 is 39.4. The van der Waals surface area contributed by atoms with Crippen LogP contribution >= 0.6 is 11.6 Å². The van der Waals surface area contributed by atoms with Gasteiger partial charge in [0.25, 0.3) is 0 Å². The van der Waals surface area contributed by atoms with Crippen molar-refractivity contribution in [2.45, 2.75) is 24.4 Å². The highest BCUT2D eigenvalue weighted by Gasteiger charge is 2.37. The lowest BCUT2D eigenvalue weighted by atomic mass is 9.76. The average Bonchev–Trinajstić information content (AvgIpc) is 2.55. The Morgan fingerprint density at radius 3 is 2.42 bits per heavy atom. The van der Waals surface area contributed by atoms with E-state index in [-0.39, 0.29) is 16.8 Å². The summed E-state index contributed by atoms with van der Waals surface area (Å²) in [5.41, 5.74) is 0.415. The second kappa shape index (κ2) is 6.48. The summed E-state index contributed by atoms with van der Waals surface area (Å²) in [6, 6.07) is 13.0. The molecule has 0 saturated carbocycles. The van der Waals surface area contributed by atoms with Gasteiger partial charge in [0.1, 0.15) is 0 Å². The average molecular weight is 354 g/mol.